The van der Waals surface area contributed by atoms with Crippen molar-refractivity contribution >= 4 is 40.7 Å². The first-order chi connectivity index (χ1) is 16.8. The molecule has 0 radical (unpaired) electrons. The van der Waals surface area contributed by atoms with Gasteiger partial charge in [0.15, 0.2) is 0 Å². The van der Waals surface area contributed by atoms with Crippen LogP contribution in [-0.4, -0.2) is 11.8 Å². The molecule has 0 spiro atoms. The molecule has 3 fully saturated rings. The molecule has 178 valence electrons. The molecule has 3 aliphatic rings. The van der Waals surface area contributed by atoms with Crippen molar-refractivity contribution < 1.29 is 14.3 Å². The zero-order valence-corrected chi connectivity index (χ0v) is 21.0. The van der Waals surface area contributed by atoms with Gasteiger partial charge in [-0.2, -0.15) is 0 Å². The van der Waals surface area contributed by atoms with Crippen molar-refractivity contribution in [1.82, 2.24) is 0 Å². The highest BCUT2D eigenvalue weighted by atomic mass is 35.5. The summed E-state index contributed by atoms with van der Waals surface area (Å²) in [6.45, 7) is 4.26. The van der Waals surface area contributed by atoms with Crippen LogP contribution >= 0.6 is 23.2 Å². The number of aryl methyl sites for hydroxylation is 2. The Morgan fingerprint density at radius 3 is 2.34 bits per heavy atom. The molecule has 1 aliphatic heterocycles. The van der Waals surface area contributed by atoms with Gasteiger partial charge in [-0.1, -0.05) is 47.0 Å². The quantitative estimate of drug-likeness (QED) is 0.348. The summed E-state index contributed by atoms with van der Waals surface area (Å²) in [6.07, 6.45) is 1.95. The van der Waals surface area contributed by atoms with E-state index >= 15 is 0 Å². The normalized spacial score (nSPS) is 27.0. The molecule has 35 heavy (non-hydrogen) atoms. The topological polar surface area (TPSA) is 46.6 Å². The number of imide groups is 1. The van der Waals surface area contributed by atoms with E-state index in [1.54, 1.807) is 42.5 Å². The molecule has 2 amide bonds. The fourth-order valence-electron chi connectivity index (χ4n) is 6.58. The van der Waals surface area contributed by atoms with E-state index in [0.29, 0.717) is 33.1 Å². The summed E-state index contributed by atoms with van der Waals surface area (Å²) in [5, 5.41) is 0.941. The third kappa shape index (κ3) is 3.66. The van der Waals surface area contributed by atoms with Crippen LogP contribution in [-0.2, 0) is 9.59 Å². The number of fused-ring (bicyclic) bond motifs is 5. The number of nitrogens with zero attached hydrogens (tertiary/aromatic N) is 1. The van der Waals surface area contributed by atoms with E-state index < -0.39 is 0 Å². The summed E-state index contributed by atoms with van der Waals surface area (Å²) in [6, 6.07) is 18.6. The molecule has 4 nitrogen and oxygen atoms in total. The van der Waals surface area contributed by atoms with E-state index in [9.17, 15) is 9.59 Å². The largest absolute Gasteiger partial charge is 0.456 e. The minimum Gasteiger partial charge on any atom is -0.456 e. The maximum absolute atomic E-state index is 13.6. The van der Waals surface area contributed by atoms with Gasteiger partial charge in [-0.25, -0.2) is 0 Å². The molecule has 1 saturated heterocycles. The van der Waals surface area contributed by atoms with Crippen molar-refractivity contribution in [1.29, 1.82) is 0 Å². The Morgan fingerprint density at radius 2 is 1.60 bits per heavy atom. The molecule has 5 atom stereocenters. The Kier molecular flexibility index (Phi) is 5.43. The number of carbonyl (C=O) groups excluding carboxylic acids is 2. The number of rotatable bonds is 4. The molecule has 0 aromatic heterocycles. The average Bonchev–Trinajstić information content (AvgIpc) is 3.49. The predicted octanol–water partition coefficient (Wildman–Crippen LogP) is 7.33. The lowest BCUT2D eigenvalue weighted by atomic mass is 9.72. The molecule has 1 heterocycles. The van der Waals surface area contributed by atoms with Crippen LogP contribution in [0.5, 0.6) is 11.5 Å². The zero-order valence-electron chi connectivity index (χ0n) is 19.5. The number of ether oxygens (including phenoxy) is 1. The van der Waals surface area contributed by atoms with Gasteiger partial charge in [0, 0.05) is 5.02 Å². The number of hydrogen-bond donors (Lipinski definition) is 0. The van der Waals surface area contributed by atoms with Crippen LogP contribution in [0.4, 0.5) is 5.69 Å². The SMILES string of the molecule is Cc1ccc(C)c([C@@H]2C[C@H]3C[C@H]2[C@@H]2C(=O)N(c4ccc(Oc5ccc(Cl)cc5Cl)cc4)C(=O)[C@@H]32)c1. The van der Waals surface area contributed by atoms with Crippen LogP contribution in [0.25, 0.3) is 0 Å². The molecule has 3 aromatic rings. The Bertz CT molecular complexity index is 1350. The first kappa shape index (κ1) is 22.6. The molecule has 3 aromatic carbocycles. The Balaban J connectivity index is 1.24. The van der Waals surface area contributed by atoms with E-state index in [2.05, 4.69) is 32.0 Å². The van der Waals surface area contributed by atoms with Gasteiger partial charge in [0.25, 0.3) is 0 Å². The summed E-state index contributed by atoms with van der Waals surface area (Å²) in [7, 11) is 0. The highest BCUT2D eigenvalue weighted by molar-refractivity contribution is 6.35. The van der Waals surface area contributed by atoms with Gasteiger partial charge in [-0.3, -0.25) is 14.5 Å². The maximum Gasteiger partial charge on any atom is 0.237 e. The lowest BCUT2D eigenvalue weighted by molar-refractivity contribution is -0.123. The summed E-state index contributed by atoms with van der Waals surface area (Å²) in [5.74, 6) is 1.35. The van der Waals surface area contributed by atoms with Crippen molar-refractivity contribution in [3.8, 4) is 11.5 Å². The molecule has 2 aliphatic carbocycles. The molecule has 0 unspecified atom stereocenters. The van der Waals surface area contributed by atoms with Crippen LogP contribution in [0, 0.1) is 37.5 Å². The monoisotopic (exact) mass is 505 g/mol. The first-order valence-electron chi connectivity index (χ1n) is 12.0. The third-order valence-electron chi connectivity index (χ3n) is 8.07. The summed E-state index contributed by atoms with van der Waals surface area (Å²) in [4.78, 5) is 28.5. The zero-order chi connectivity index (χ0) is 24.4. The van der Waals surface area contributed by atoms with Gasteiger partial charge in [-0.05, 0) is 98.0 Å². The fourth-order valence-corrected chi connectivity index (χ4v) is 7.03. The third-order valence-corrected chi connectivity index (χ3v) is 8.60. The molecule has 2 saturated carbocycles. The van der Waals surface area contributed by atoms with Crippen molar-refractivity contribution in [2.75, 3.05) is 4.90 Å². The Hall–Kier alpha value is -2.82. The van der Waals surface area contributed by atoms with Crippen molar-refractivity contribution in [3.63, 3.8) is 0 Å². The van der Waals surface area contributed by atoms with Crippen molar-refractivity contribution in [2.24, 2.45) is 23.7 Å². The van der Waals surface area contributed by atoms with Gasteiger partial charge in [0.1, 0.15) is 11.5 Å². The lowest BCUT2D eigenvalue weighted by Crippen LogP contribution is -2.32. The van der Waals surface area contributed by atoms with Gasteiger partial charge >= 0.3 is 0 Å². The van der Waals surface area contributed by atoms with Crippen LogP contribution in [0.2, 0.25) is 10.0 Å². The second kappa shape index (κ2) is 8.39. The van der Waals surface area contributed by atoms with E-state index in [0.717, 1.165) is 12.8 Å². The van der Waals surface area contributed by atoms with E-state index in [4.69, 9.17) is 27.9 Å². The fraction of sp³-hybridized carbons (Fsp3) is 0.310. The molecule has 6 rings (SSSR count). The number of benzene rings is 3. The number of carbonyl (C=O) groups is 2. The highest BCUT2D eigenvalue weighted by Crippen LogP contribution is 2.62. The second-order valence-electron chi connectivity index (χ2n) is 10.1. The van der Waals surface area contributed by atoms with Gasteiger partial charge in [-0.15, -0.1) is 0 Å². The Morgan fingerprint density at radius 1 is 0.857 bits per heavy atom. The maximum atomic E-state index is 13.6. The van der Waals surface area contributed by atoms with E-state index in [1.165, 1.54) is 21.6 Å². The lowest BCUT2D eigenvalue weighted by Gasteiger charge is -2.30. The number of hydrogen-bond acceptors (Lipinski definition) is 3. The van der Waals surface area contributed by atoms with E-state index in [-0.39, 0.29) is 35.5 Å². The van der Waals surface area contributed by atoms with Gasteiger partial charge in [0.2, 0.25) is 11.8 Å². The molecular formula is C29H25Cl2NO3. The number of amides is 2. The smallest absolute Gasteiger partial charge is 0.237 e. The van der Waals surface area contributed by atoms with Gasteiger partial charge < -0.3 is 4.74 Å². The average molecular weight is 506 g/mol. The number of anilines is 1. The summed E-state index contributed by atoms with van der Waals surface area (Å²) >= 11 is 12.2. The minimum atomic E-state index is -0.227. The second-order valence-corrected chi connectivity index (χ2v) is 10.9. The highest BCUT2D eigenvalue weighted by Gasteiger charge is 2.64. The first-order valence-corrected chi connectivity index (χ1v) is 12.8. The van der Waals surface area contributed by atoms with Crippen LogP contribution in [0.15, 0.2) is 60.7 Å². The summed E-state index contributed by atoms with van der Waals surface area (Å²) in [5.41, 5.74) is 4.45. The predicted molar refractivity (Wildman–Crippen MR) is 137 cm³/mol. The number of halogens is 2. The van der Waals surface area contributed by atoms with Crippen LogP contribution < -0.4 is 9.64 Å². The Labute approximate surface area is 214 Å². The van der Waals surface area contributed by atoms with Crippen LogP contribution in [0.3, 0.4) is 0 Å². The van der Waals surface area contributed by atoms with Crippen LogP contribution in [0.1, 0.15) is 35.4 Å². The van der Waals surface area contributed by atoms with Crippen molar-refractivity contribution in [2.45, 2.75) is 32.6 Å². The van der Waals surface area contributed by atoms with Crippen molar-refractivity contribution in [3.05, 3.63) is 87.4 Å². The molecule has 0 N–H and O–H groups in total. The van der Waals surface area contributed by atoms with E-state index in [1.807, 2.05) is 0 Å². The standard InChI is InChI=1S/C29H25Cl2NO3/c1-15-3-4-16(2)21(11-15)22-12-17-13-23(22)27-26(17)28(33)32(29(27)34)19-6-8-20(9-7-19)35-25-10-5-18(30)14-24(25)31/h3-11,14,17,22-23,26-27H,12-13H2,1-2H3/t17-,22-,23+,26-,27-/m0/s1. The minimum absolute atomic E-state index is 0.0543. The van der Waals surface area contributed by atoms with Gasteiger partial charge in [0.05, 0.1) is 22.5 Å². The molecule has 2 bridgehead atoms. The molecular weight excluding hydrogens is 481 g/mol. The summed E-state index contributed by atoms with van der Waals surface area (Å²) < 4.78 is 5.86. The molecule has 6 heteroatoms.